The van der Waals surface area contributed by atoms with Crippen molar-refractivity contribution in [3.8, 4) is 0 Å². The average molecular weight is 168 g/mol. The van der Waals surface area contributed by atoms with Crippen molar-refractivity contribution in [2.75, 3.05) is 14.2 Å². The summed E-state index contributed by atoms with van der Waals surface area (Å²) >= 11 is 0. The zero-order valence-electron chi connectivity index (χ0n) is 8.18. The van der Waals surface area contributed by atoms with Crippen LogP contribution in [-0.2, 0) is 9.47 Å². The molecule has 0 saturated heterocycles. The van der Waals surface area contributed by atoms with Crippen LogP contribution >= 0.6 is 0 Å². The third-order valence-corrected chi connectivity index (χ3v) is 1.96. The van der Waals surface area contributed by atoms with E-state index >= 15 is 0 Å². The maximum absolute atomic E-state index is 5.20. The number of allylic oxidation sites excluding steroid dienone is 3. The molecule has 0 heterocycles. The molecule has 0 spiro atoms. The van der Waals surface area contributed by atoms with Crippen molar-refractivity contribution >= 4 is 0 Å². The fourth-order valence-corrected chi connectivity index (χ4v) is 1.39. The van der Waals surface area contributed by atoms with Gasteiger partial charge in [0, 0.05) is 12.5 Å². The molecule has 1 rings (SSSR count). The molecule has 0 radical (unpaired) electrons. The molecule has 0 fully saturated rings. The van der Waals surface area contributed by atoms with Gasteiger partial charge in [-0.3, -0.25) is 0 Å². The summed E-state index contributed by atoms with van der Waals surface area (Å²) in [7, 11) is 3.37. The van der Waals surface area contributed by atoms with Gasteiger partial charge in [-0.2, -0.15) is 0 Å². The quantitative estimate of drug-likeness (QED) is 0.630. The van der Waals surface area contributed by atoms with Crippen molar-refractivity contribution in [1.82, 2.24) is 0 Å². The highest BCUT2D eigenvalue weighted by Crippen LogP contribution is 2.33. The molecular formula is C10H16O2. The van der Waals surface area contributed by atoms with Crippen LogP contribution in [0.1, 0.15) is 20.3 Å². The second-order valence-electron chi connectivity index (χ2n) is 3.73. The third kappa shape index (κ3) is 2.03. The number of rotatable bonds is 2. The number of hydrogen-bond acceptors (Lipinski definition) is 2. The fraction of sp³-hybridized carbons (Fsp3) is 0.600. The smallest absolute Gasteiger partial charge is 0.118 e. The Morgan fingerprint density at radius 1 is 1.25 bits per heavy atom. The topological polar surface area (TPSA) is 18.5 Å². The lowest BCUT2D eigenvalue weighted by molar-refractivity contribution is 0.224. The molecule has 0 saturated carbocycles. The summed E-state index contributed by atoms with van der Waals surface area (Å²) < 4.78 is 10.4. The van der Waals surface area contributed by atoms with Gasteiger partial charge in [0.2, 0.25) is 0 Å². The van der Waals surface area contributed by atoms with E-state index in [4.69, 9.17) is 9.47 Å². The van der Waals surface area contributed by atoms with Crippen molar-refractivity contribution in [2.45, 2.75) is 20.3 Å². The summed E-state index contributed by atoms with van der Waals surface area (Å²) in [6.07, 6.45) is 5.00. The predicted molar refractivity (Wildman–Crippen MR) is 48.6 cm³/mol. The van der Waals surface area contributed by atoms with E-state index in [2.05, 4.69) is 19.9 Å². The molecule has 1 aliphatic rings. The Labute approximate surface area is 73.9 Å². The van der Waals surface area contributed by atoms with Gasteiger partial charge in [-0.1, -0.05) is 13.8 Å². The van der Waals surface area contributed by atoms with Gasteiger partial charge in [-0.25, -0.2) is 0 Å². The van der Waals surface area contributed by atoms with Crippen molar-refractivity contribution in [3.63, 3.8) is 0 Å². The summed E-state index contributed by atoms with van der Waals surface area (Å²) in [6, 6.07) is 0. The Hall–Kier alpha value is -0.920. The number of methoxy groups -OCH3 is 2. The lowest BCUT2D eigenvalue weighted by Gasteiger charge is -2.26. The Morgan fingerprint density at radius 3 is 2.42 bits per heavy atom. The Kier molecular flexibility index (Phi) is 2.46. The monoisotopic (exact) mass is 168 g/mol. The Balaban J connectivity index is 2.86. The molecule has 0 N–H and O–H groups in total. The van der Waals surface area contributed by atoms with Gasteiger partial charge in [-0.05, 0) is 11.5 Å². The van der Waals surface area contributed by atoms with Crippen LogP contribution in [-0.4, -0.2) is 14.2 Å². The first-order valence-corrected chi connectivity index (χ1v) is 4.09. The Morgan fingerprint density at radius 2 is 1.92 bits per heavy atom. The van der Waals surface area contributed by atoms with Crippen LogP contribution in [0, 0.1) is 5.41 Å². The molecular weight excluding hydrogens is 152 g/mol. The van der Waals surface area contributed by atoms with Crippen LogP contribution in [0.5, 0.6) is 0 Å². The highest BCUT2D eigenvalue weighted by atomic mass is 16.5. The summed E-state index contributed by atoms with van der Waals surface area (Å²) in [5.74, 6) is 1.88. The molecule has 0 bridgehead atoms. The first-order chi connectivity index (χ1) is 5.57. The van der Waals surface area contributed by atoms with Crippen molar-refractivity contribution in [2.24, 2.45) is 5.41 Å². The molecule has 1 aliphatic carbocycles. The van der Waals surface area contributed by atoms with Crippen molar-refractivity contribution < 1.29 is 9.47 Å². The van der Waals surface area contributed by atoms with Gasteiger partial charge in [0.15, 0.2) is 0 Å². The number of ether oxygens (including phenoxy) is 2. The van der Waals surface area contributed by atoms with Crippen LogP contribution in [0.25, 0.3) is 0 Å². The maximum atomic E-state index is 5.20. The molecule has 0 aromatic heterocycles. The summed E-state index contributed by atoms with van der Waals surface area (Å²) in [6.45, 7) is 4.33. The minimum absolute atomic E-state index is 0.144. The third-order valence-electron chi connectivity index (χ3n) is 1.96. The first-order valence-electron chi connectivity index (χ1n) is 4.09. The van der Waals surface area contributed by atoms with E-state index in [-0.39, 0.29) is 5.41 Å². The second kappa shape index (κ2) is 3.21. The highest BCUT2D eigenvalue weighted by molar-refractivity contribution is 5.24. The first kappa shape index (κ1) is 9.17. The van der Waals surface area contributed by atoms with Gasteiger partial charge in [0.1, 0.15) is 11.5 Å². The molecule has 0 aromatic carbocycles. The zero-order chi connectivity index (χ0) is 9.19. The lowest BCUT2D eigenvalue weighted by Crippen LogP contribution is -2.14. The lowest BCUT2D eigenvalue weighted by atomic mass is 9.84. The zero-order valence-corrected chi connectivity index (χ0v) is 8.18. The fourth-order valence-electron chi connectivity index (χ4n) is 1.39. The summed E-state index contributed by atoms with van der Waals surface area (Å²) in [5, 5.41) is 0. The molecule has 68 valence electrons. The molecule has 12 heavy (non-hydrogen) atoms. The average Bonchev–Trinajstić information content (AvgIpc) is 2.01. The van der Waals surface area contributed by atoms with Crippen LogP contribution in [0.4, 0.5) is 0 Å². The van der Waals surface area contributed by atoms with Gasteiger partial charge >= 0.3 is 0 Å². The highest BCUT2D eigenvalue weighted by Gasteiger charge is 2.22. The Bertz CT molecular complexity index is 224. The second-order valence-corrected chi connectivity index (χ2v) is 3.73. The van der Waals surface area contributed by atoms with E-state index in [0.29, 0.717) is 0 Å². The van der Waals surface area contributed by atoms with Crippen LogP contribution in [0.15, 0.2) is 23.7 Å². The molecule has 0 amide bonds. The molecule has 0 atom stereocenters. The molecule has 0 aliphatic heterocycles. The van der Waals surface area contributed by atoms with Gasteiger partial charge in [0.05, 0.1) is 14.2 Å². The van der Waals surface area contributed by atoms with Crippen LogP contribution < -0.4 is 0 Å². The van der Waals surface area contributed by atoms with Crippen molar-refractivity contribution in [3.05, 3.63) is 23.7 Å². The molecule has 2 nitrogen and oxygen atoms in total. The predicted octanol–water partition coefficient (Wildman–Crippen LogP) is 2.48. The SMILES string of the molecule is COC1=CC(C)(C)CC(OC)=C1. The van der Waals surface area contributed by atoms with Crippen LogP contribution in [0.2, 0.25) is 0 Å². The van der Waals surface area contributed by atoms with Gasteiger partial charge in [0.25, 0.3) is 0 Å². The minimum atomic E-state index is 0.144. The van der Waals surface area contributed by atoms with Gasteiger partial charge < -0.3 is 9.47 Å². The van der Waals surface area contributed by atoms with E-state index < -0.39 is 0 Å². The molecule has 0 unspecified atom stereocenters. The van der Waals surface area contributed by atoms with Crippen LogP contribution in [0.3, 0.4) is 0 Å². The van der Waals surface area contributed by atoms with E-state index in [1.807, 2.05) is 6.08 Å². The minimum Gasteiger partial charge on any atom is -0.501 e. The summed E-state index contributed by atoms with van der Waals surface area (Å²) in [4.78, 5) is 0. The largest absolute Gasteiger partial charge is 0.501 e. The van der Waals surface area contributed by atoms with E-state index in [9.17, 15) is 0 Å². The van der Waals surface area contributed by atoms with E-state index in [1.165, 1.54) is 0 Å². The normalized spacial score (nSPS) is 21.0. The number of hydrogen-bond donors (Lipinski definition) is 0. The van der Waals surface area contributed by atoms with E-state index in [0.717, 1.165) is 17.9 Å². The molecule has 0 aromatic rings. The molecule has 2 heteroatoms. The maximum Gasteiger partial charge on any atom is 0.118 e. The summed E-state index contributed by atoms with van der Waals surface area (Å²) in [5.41, 5.74) is 0.144. The standard InChI is InChI=1S/C10H16O2/c1-10(2)6-8(11-3)5-9(7-10)12-4/h5-6H,7H2,1-4H3. The van der Waals surface area contributed by atoms with E-state index in [1.54, 1.807) is 14.2 Å². The van der Waals surface area contributed by atoms with Gasteiger partial charge in [-0.15, -0.1) is 0 Å². The van der Waals surface area contributed by atoms with Crippen molar-refractivity contribution in [1.29, 1.82) is 0 Å².